The van der Waals surface area contributed by atoms with Gasteiger partial charge in [0.05, 0.1) is 5.69 Å². The highest BCUT2D eigenvalue weighted by Crippen LogP contribution is 2.33. The van der Waals surface area contributed by atoms with E-state index in [1.165, 1.54) is 17.5 Å². The minimum atomic E-state index is 0.641. The Morgan fingerprint density at radius 2 is 1.65 bits per heavy atom. The van der Waals surface area contributed by atoms with E-state index in [0.717, 1.165) is 56.5 Å². The van der Waals surface area contributed by atoms with E-state index in [2.05, 4.69) is 46.0 Å². The molecule has 2 aliphatic rings. The van der Waals surface area contributed by atoms with Crippen LogP contribution < -0.4 is 9.47 Å². The zero-order chi connectivity index (χ0) is 17.8. The quantitative estimate of drug-likeness (QED) is 0.845. The number of pyridine rings is 1. The van der Waals surface area contributed by atoms with E-state index in [1.807, 2.05) is 12.3 Å². The Labute approximate surface area is 155 Å². The number of rotatable bonds is 4. The fourth-order valence-corrected chi connectivity index (χ4v) is 3.71. The first-order valence-corrected chi connectivity index (χ1v) is 9.52. The van der Waals surface area contributed by atoms with E-state index in [1.54, 1.807) is 0 Å². The molecule has 2 aliphatic heterocycles. The maximum atomic E-state index is 5.76. The molecule has 5 heteroatoms. The SMILES string of the molecule is Cc1cc2c(cc1CN1CCCN(Cc3ccccn3)CC1)OCCO2. The van der Waals surface area contributed by atoms with Crippen molar-refractivity contribution in [2.24, 2.45) is 0 Å². The minimum Gasteiger partial charge on any atom is -0.486 e. The maximum Gasteiger partial charge on any atom is 0.161 e. The molecule has 1 fully saturated rings. The van der Waals surface area contributed by atoms with Gasteiger partial charge in [-0.15, -0.1) is 0 Å². The van der Waals surface area contributed by atoms with E-state index >= 15 is 0 Å². The Morgan fingerprint density at radius 3 is 2.38 bits per heavy atom. The molecule has 2 aromatic rings. The van der Waals surface area contributed by atoms with Crippen molar-refractivity contribution in [2.45, 2.75) is 26.4 Å². The van der Waals surface area contributed by atoms with Crippen LogP contribution in [0.3, 0.4) is 0 Å². The molecule has 5 nitrogen and oxygen atoms in total. The van der Waals surface area contributed by atoms with Crippen molar-refractivity contribution in [1.82, 2.24) is 14.8 Å². The summed E-state index contributed by atoms with van der Waals surface area (Å²) in [5, 5.41) is 0. The molecule has 0 bridgehead atoms. The smallest absolute Gasteiger partial charge is 0.161 e. The van der Waals surface area contributed by atoms with Gasteiger partial charge in [-0.05, 0) is 61.8 Å². The van der Waals surface area contributed by atoms with Crippen molar-refractivity contribution in [2.75, 3.05) is 39.4 Å². The summed E-state index contributed by atoms with van der Waals surface area (Å²) in [6.07, 6.45) is 3.07. The number of hydrogen-bond donors (Lipinski definition) is 0. The molecule has 1 saturated heterocycles. The minimum absolute atomic E-state index is 0.641. The number of aryl methyl sites for hydroxylation is 1. The van der Waals surface area contributed by atoms with Crippen LogP contribution in [-0.2, 0) is 13.1 Å². The molecule has 1 aromatic carbocycles. The summed E-state index contributed by atoms with van der Waals surface area (Å²) >= 11 is 0. The molecule has 0 saturated carbocycles. The standard InChI is InChI=1S/C21H27N3O2/c1-17-13-20-21(26-12-11-25-20)14-18(17)15-23-7-4-8-24(10-9-23)16-19-5-2-3-6-22-19/h2-3,5-6,13-14H,4,7-12,15-16H2,1H3. The van der Waals surface area contributed by atoms with Crippen molar-refractivity contribution in [3.63, 3.8) is 0 Å². The normalized spacial score (nSPS) is 18.5. The lowest BCUT2D eigenvalue weighted by molar-refractivity contribution is 0.171. The summed E-state index contributed by atoms with van der Waals surface area (Å²) < 4.78 is 11.4. The molecule has 0 radical (unpaired) electrons. The molecule has 4 rings (SSSR count). The zero-order valence-electron chi connectivity index (χ0n) is 15.5. The summed E-state index contributed by atoms with van der Waals surface area (Å²) in [7, 11) is 0. The largest absolute Gasteiger partial charge is 0.486 e. The van der Waals surface area contributed by atoms with Crippen molar-refractivity contribution in [3.05, 3.63) is 53.3 Å². The number of ether oxygens (including phenoxy) is 2. The second kappa shape index (κ2) is 8.06. The Bertz CT molecular complexity index is 736. The van der Waals surface area contributed by atoms with Crippen LogP contribution in [0.1, 0.15) is 23.2 Å². The summed E-state index contributed by atoms with van der Waals surface area (Å²) in [5.74, 6) is 1.78. The van der Waals surface area contributed by atoms with Crippen LogP contribution in [0.5, 0.6) is 11.5 Å². The summed E-state index contributed by atoms with van der Waals surface area (Å²) in [6, 6.07) is 10.4. The molecule has 1 aromatic heterocycles. The summed E-state index contributed by atoms with van der Waals surface area (Å²) in [5.41, 5.74) is 3.78. The maximum absolute atomic E-state index is 5.76. The average Bonchev–Trinajstić information content (AvgIpc) is 2.88. The van der Waals surface area contributed by atoms with Crippen molar-refractivity contribution in [3.8, 4) is 11.5 Å². The highest BCUT2D eigenvalue weighted by molar-refractivity contribution is 5.47. The molecule has 0 atom stereocenters. The zero-order valence-corrected chi connectivity index (χ0v) is 15.5. The summed E-state index contributed by atoms with van der Waals surface area (Å²) in [6.45, 7) is 9.79. The molecule has 26 heavy (non-hydrogen) atoms. The van der Waals surface area contributed by atoms with E-state index < -0.39 is 0 Å². The first-order chi connectivity index (χ1) is 12.8. The van der Waals surface area contributed by atoms with E-state index in [4.69, 9.17) is 9.47 Å². The van der Waals surface area contributed by atoms with Crippen LogP contribution in [-0.4, -0.2) is 54.2 Å². The number of fused-ring (bicyclic) bond motifs is 1. The molecular weight excluding hydrogens is 326 g/mol. The highest BCUT2D eigenvalue weighted by atomic mass is 16.6. The van der Waals surface area contributed by atoms with Gasteiger partial charge in [-0.3, -0.25) is 14.8 Å². The first-order valence-electron chi connectivity index (χ1n) is 9.52. The predicted molar refractivity (Wildman–Crippen MR) is 102 cm³/mol. The predicted octanol–water partition coefficient (Wildman–Crippen LogP) is 2.87. The number of benzene rings is 1. The van der Waals surface area contributed by atoms with Crippen LogP contribution in [0.15, 0.2) is 36.5 Å². The summed E-state index contributed by atoms with van der Waals surface area (Å²) in [4.78, 5) is 9.53. The Hall–Kier alpha value is -2.11. The fraction of sp³-hybridized carbons (Fsp3) is 0.476. The monoisotopic (exact) mass is 353 g/mol. The van der Waals surface area contributed by atoms with Gasteiger partial charge in [-0.2, -0.15) is 0 Å². The Balaban J connectivity index is 1.37. The van der Waals surface area contributed by atoms with Crippen LogP contribution in [0.2, 0.25) is 0 Å². The topological polar surface area (TPSA) is 37.8 Å². The van der Waals surface area contributed by atoms with Gasteiger partial charge < -0.3 is 9.47 Å². The first kappa shape index (κ1) is 17.3. The lowest BCUT2D eigenvalue weighted by Gasteiger charge is -2.24. The van der Waals surface area contributed by atoms with Gasteiger partial charge in [-0.1, -0.05) is 6.07 Å². The number of nitrogens with zero attached hydrogens (tertiary/aromatic N) is 3. The van der Waals surface area contributed by atoms with Gasteiger partial charge >= 0.3 is 0 Å². The Kier molecular flexibility index (Phi) is 5.37. The van der Waals surface area contributed by atoms with Crippen LogP contribution >= 0.6 is 0 Å². The fourth-order valence-electron chi connectivity index (χ4n) is 3.71. The van der Waals surface area contributed by atoms with E-state index in [-0.39, 0.29) is 0 Å². The van der Waals surface area contributed by atoms with Gasteiger partial charge in [-0.25, -0.2) is 0 Å². The lowest BCUT2D eigenvalue weighted by Crippen LogP contribution is -2.30. The number of aromatic nitrogens is 1. The number of hydrogen-bond acceptors (Lipinski definition) is 5. The van der Waals surface area contributed by atoms with Crippen molar-refractivity contribution >= 4 is 0 Å². The highest BCUT2D eigenvalue weighted by Gasteiger charge is 2.19. The molecule has 0 amide bonds. The van der Waals surface area contributed by atoms with Crippen molar-refractivity contribution in [1.29, 1.82) is 0 Å². The Morgan fingerprint density at radius 1 is 0.923 bits per heavy atom. The van der Waals surface area contributed by atoms with Gasteiger partial charge in [0.2, 0.25) is 0 Å². The molecule has 0 unspecified atom stereocenters. The van der Waals surface area contributed by atoms with Crippen LogP contribution in [0, 0.1) is 6.92 Å². The van der Waals surface area contributed by atoms with Crippen molar-refractivity contribution < 1.29 is 9.47 Å². The molecule has 3 heterocycles. The molecule has 0 aliphatic carbocycles. The third-order valence-corrected chi connectivity index (χ3v) is 5.19. The molecule has 0 spiro atoms. The van der Waals surface area contributed by atoms with Crippen LogP contribution in [0.25, 0.3) is 0 Å². The average molecular weight is 353 g/mol. The molecule has 0 N–H and O–H groups in total. The molecular formula is C21H27N3O2. The van der Waals surface area contributed by atoms with Gasteiger partial charge in [0.15, 0.2) is 11.5 Å². The van der Waals surface area contributed by atoms with E-state index in [0.29, 0.717) is 13.2 Å². The second-order valence-electron chi connectivity index (χ2n) is 7.15. The third kappa shape index (κ3) is 4.17. The van der Waals surface area contributed by atoms with Crippen LogP contribution in [0.4, 0.5) is 0 Å². The lowest BCUT2D eigenvalue weighted by atomic mass is 10.1. The second-order valence-corrected chi connectivity index (χ2v) is 7.15. The van der Waals surface area contributed by atoms with Gasteiger partial charge in [0.25, 0.3) is 0 Å². The van der Waals surface area contributed by atoms with Gasteiger partial charge in [0.1, 0.15) is 13.2 Å². The van der Waals surface area contributed by atoms with E-state index in [9.17, 15) is 0 Å². The third-order valence-electron chi connectivity index (χ3n) is 5.19. The van der Waals surface area contributed by atoms with Gasteiger partial charge in [0, 0.05) is 32.4 Å². The molecule has 138 valence electrons.